The Hall–Kier alpha value is -3.25. The fraction of sp³-hybridized carbons (Fsp3) is 0.407. The third-order valence-corrected chi connectivity index (χ3v) is 12.0. The van der Waals surface area contributed by atoms with Crippen LogP contribution in [0.3, 0.4) is 0 Å². The zero-order valence-corrected chi connectivity index (χ0v) is 26.5. The maximum Gasteiger partial charge on any atom is 0.573 e. The quantitative estimate of drug-likeness (QED) is 0.316. The van der Waals surface area contributed by atoms with Crippen LogP contribution in [0.2, 0.25) is 0 Å². The molecule has 1 aliphatic heterocycles. The summed E-state index contributed by atoms with van der Waals surface area (Å²) in [5.41, 5.74) is 2.20. The van der Waals surface area contributed by atoms with Gasteiger partial charge in [-0.3, -0.25) is 4.79 Å². The molecule has 0 aliphatic carbocycles. The minimum Gasteiger partial charge on any atom is -0.406 e. The topological polar surface area (TPSA) is 138 Å². The fourth-order valence-corrected chi connectivity index (χ4v) is 8.59. The Morgan fingerprint density at radius 2 is 1.68 bits per heavy atom. The number of benzene rings is 2. The summed E-state index contributed by atoms with van der Waals surface area (Å²) < 4.78 is 97.2. The predicted octanol–water partition coefficient (Wildman–Crippen LogP) is 3.41. The van der Waals surface area contributed by atoms with Crippen molar-refractivity contribution in [1.29, 1.82) is 0 Å². The fourth-order valence-electron chi connectivity index (χ4n) is 4.66. The van der Waals surface area contributed by atoms with Crippen LogP contribution >= 0.6 is 11.3 Å². The molecule has 1 atom stereocenters. The van der Waals surface area contributed by atoms with E-state index in [9.17, 15) is 34.8 Å². The van der Waals surface area contributed by atoms with Crippen molar-refractivity contribution in [3.8, 4) is 5.75 Å². The van der Waals surface area contributed by atoms with E-state index in [0.717, 1.165) is 63.9 Å². The molecule has 240 valence electrons. The number of aromatic nitrogens is 1. The summed E-state index contributed by atoms with van der Waals surface area (Å²) in [6.45, 7) is 3.47. The van der Waals surface area contributed by atoms with Crippen LogP contribution in [0.1, 0.15) is 30.2 Å². The van der Waals surface area contributed by atoms with Crippen LogP contribution in [0, 0.1) is 6.92 Å². The first-order valence-corrected chi connectivity index (χ1v) is 17.3. The normalized spacial score (nSPS) is 16.6. The van der Waals surface area contributed by atoms with Crippen molar-refractivity contribution >= 4 is 42.4 Å². The predicted molar refractivity (Wildman–Crippen MR) is 158 cm³/mol. The van der Waals surface area contributed by atoms with Crippen molar-refractivity contribution in [3.63, 3.8) is 0 Å². The largest absolute Gasteiger partial charge is 0.573 e. The second kappa shape index (κ2) is 13.4. The highest BCUT2D eigenvalue weighted by atomic mass is 32.2. The molecular weight excluding hydrogens is 644 g/mol. The number of amides is 1. The van der Waals surface area contributed by atoms with Crippen molar-refractivity contribution in [2.45, 2.75) is 54.7 Å². The third-order valence-electron chi connectivity index (χ3n) is 6.85. The highest BCUT2D eigenvalue weighted by Gasteiger charge is 2.41. The number of hydrogen-bond donors (Lipinski definition) is 2. The van der Waals surface area contributed by atoms with E-state index in [0.29, 0.717) is 5.13 Å². The van der Waals surface area contributed by atoms with Crippen molar-refractivity contribution < 1.29 is 39.5 Å². The molecule has 0 bridgehead atoms. The number of ether oxygens (including phenoxy) is 1. The minimum absolute atomic E-state index is 0.00117. The first-order valence-electron chi connectivity index (χ1n) is 13.5. The number of nitrogens with zero attached hydrogens (tertiary/aromatic N) is 3. The average molecular weight is 676 g/mol. The van der Waals surface area contributed by atoms with Gasteiger partial charge in [0.2, 0.25) is 15.9 Å². The van der Waals surface area contributed by atoms with Gasteiger partial charge >= 0.3 is 6.36 Å². The molecule has 4 rings (SSSR count). The SMILES string of the molecule is CCCc1ccc(CNC(=O)[C@H]2CN(c3nc(C)c(S(=O)(=O)NC)s3)CCN2S(=O)(=O)c2ccc(OC(F)(F)F)cc2)cc1. The molecular formula is C27H32F3N5O6S3. The Morgan fingerprint density at radius 3 is 2.27 bits per heavy atom. The van der Waals surface area contributed by atoms with Crippen LogP contribution in [0.5, 0.6) is 5.75 Å². The first kappa shape index (κ1) is 33.6. The van der Waals surface area contributed by atoms with E-state index < -0.39 is 44.1 Å². The first-order chi connectivity index (χ1) is 20.6. The van der Waals surface area contributed by atoms with Crippen LogP contribution in [-0.2, 0) is 37.8 Å². The monoisotopic (exact) mass is 675 g/mol. The number of carbonyl (C=O) groups is 1. The van der Waals surface area contributed by atoms with E-state index in [1.807, 2.05) is 24.3 Å². The van der Waals surface area contributed by atoms with E-state index >= 15 is 0 Å². The summed E-state index contributed by atoms with van der Waals surface area (Å²) in [5.74, 6) is -1.20. The van der Waals surface area contributed by atoms with Crippen molar-refractivity contribution in [1.82, 2.24) is 19.3 Å². The number of hydrogen-bond acceptors (Lipinski definition) is 9. The number of piperazine rings is 1. The summed E-state index contributed by atoms with van der Waals surface area (Å²) in [4.78, 5) is 19.3. The molecule has 0 radical (unpaired) electrons. The highest BCUT2D eigenvalue weighted by molar-refractivity contribution is 7.91. The van der Waals surface area contributed by atoms with Gasteiger partial charge in [-0.2, -0.15) is 4.31 Å². The second-order valence-corrected chi connectivity index (χ2v) is 14.9. The molecule has 44 heavy (non-hydrogen) atoms. The third kappa shape index (κ3) is 7.87. The van der Waals surface area contributed by atoms with Gasteiger partial charge < -0.3 is 15.0 Å². The van der Waals surface area contributed by atoms with Crippen LogP contribution in [-0.4, -0.2) is 71.1 Å². The van der Waals surface area contributed by atoms with Crippen molar-refractivity contribution in [3.05, 3.63) is 65.4 Å². The van der Waals surface area contributed by atoms with Crippen LogP contribution < -0.4 is 19.7 Å². The van der Waals surface area contributed by atoms with E-state index in [1.54, 1.807) is 4.90 Å². The lowest BCUT2D eigenvalue weighted by Gasteiger charge is -2.39. The zero-order chi connectivity index (χ0) is 32.3. The smallest absolute Gasteiger partial charge is 0.406 e. The van der Waals surface area contributed by atoms with Gasteiger partial charge in [0, 0.05) is 26.2 Å². The van der Waals surface area contributed by atoms with E-state index in [1.165, 1.54) is 14.0 Å². The van der Waals surface area contributed by atoms with Gasteiger partial charge in [0.1, 0.15) is 11.8 Å². The van der Waals surface area contributed by atoms with Crippen LogP contribution in [0.15, 0.2) is 57.6 Å². The van der Waals surface area contributed by atoms with Gasteiger partial charge in [-0.1, -0.05) is 48.9 Å². The number of carbonyl (C=O) groups excluding carboxylic acids is 1. The lowest BCUT2D eigenvalue weighted by atomic mass is 10.1. The molecule has 1 saturated heterocycles. The van der Waals surface area contributed by atoms with Crippen LogP contribution in [0.4, 0.5) is 18.3 Å². The lowest BCUT2D eigenvalue weighted by molar-refractivity contribution is -0.274. The number of halogens is 3. The number of aryl methyl sites for hydroxylation is 2. The number of alkyl halides is 3. The summed E-state index contributed by atoms with van der Waals surface area (Å²) in [6.07, 6.45) is -3.05. The molecule has 0 unspecified atom stereocenters. The van der Waals surface area contributed by atoms with Gasteiger partial charge in [-0.15, -0.1) is 13.2 Å². The molecule has 1 amide bonds. The lowest BCUT2D eigenvalue weighted by Crippen LogP contribution is -2.60. The molecule has 11 nitrogen and oxygen atoms in total. The summed E-state index contributed by atoms with van der Waals surface area (Å²) in [7, 11) is -6.88. The number of rotatable bonds is 11. The Morgan fingerprint density at radius 1 is 1.05 bits per heavy atom. The molecule has 2 N–H and O–H groups in total. The number of anilines is 1. The molecule has 17 heteroatoms. The van der Waals surface area contributed by atoms with Crippen LogP contribution in [0.25, 0.3) is 0 Å². The molecule has 1 aliphatic rings. The molecule has 1 aromatic heterocycles. The van der Waals surface area contributed by atoms with Gasteiger partial charge in [0.05, 0.1) is 10.6 Å². The Kier molecular flexibility index (Phi) is 10.2. The minimum atomic E-state index is -4.95. The molecule has 1 fully saturated rings. The maximum atomic E-state index is 13.7. The average Bonchev–Trinajstić information content (AvgIpc) is 3.38. The maximum absolute atomic E-state index is 13.7. The zero-order valence-electron chi connectivity index (χ0n) is 24.1. The van der Waals surface area contributed by atoms with Gasteiger partial charge in [-0.05, 0) is 55.8 Å². The van der Waals surface area contributed by atoms with E-state index in [-0.39, 0.29) is 41.0 Å². The summed E-state index contributed by atoms with van der Waals surface area (Å²) in [6, 6.07) is 10.1. The van der Waals surface area contributed by atoms with E-state index in [4.69, 9.17) is 0 Å². The highest BCUT2D eigenvalue weighted by Crippen LogP contribution is 2.33. The standard InChI is InChI=1S/C27H32F3N5O6S3/c1-4-5-19-6-8-20(9-7-19)16-32-24(36)23-17-34(26-33-18(2)25(42-26)43(37,38)31-3)14-15-35(23)44(39,40)22-12-10-21(11-13-22)41-27(28,29)30/h6-13,23,31H,4-5,14-17H2,1-3H3,(H,32,36)/t23-/m1/s1. The Bertz CT molecular complexity index is 1680. The van der Waals surface area contributed by atoms with E-state index in [2.05, 4.69) is 26.7 Å². The van der Waals surface area contributed by atoms with Crippen molar-refractivity contribution in [2.75, 3.05) is 31.6 Å². The summed E-state index contributed by atoms with van der Waals surface area (Å²) >= 11 is 0.897. The van der Waals surface area contributed by atoms with Gasteiger partial charge in [-0.25, -0.2) is 26.5 Å². The van der Waals surface area contributed by atoms with Gasteiger partial charge in [0.25, 0.3) is 10.0 Å². The number of thiazole rings is 1. The second-order valence-electron chi connectivity index (χ2n) is 9.96. The molecule has 2 aromatic carbocycles. The number of nitrogens with one attached hydrogen (secondary N) is 2. The summed E-state index contributed by atoms with van der Waals surface area (Å²) in [5, 5.41) is 3.09. The molecule has 0 spiro atoms. The van der Waals surface area contributed by atoms with Gasteiger partial charge in [0.15, 0.2) is 9.34 Å². The number of sulfonamides is 2. The molecule has 3 aromatic rings. The molecule has 0 saturated carbocycles. The van der Waals surface area contributed by atoms with Crippen molar-refractivity contribution in [2.24, 2.45) is 0 Å². The Balaban J connectivity index is 1.61. The molecule has 2 heterocycles. The Labute approximate surface area is 258 Å².